The molecule has 1 unspecified atom stereocenters. The molecule has 1 aliphatic rings. The number of carbonyl (C=O) groups is 1. The van der Waals surface area contributed by atoms with Gasteiger partial charge >= 0.3 is 0 Å². The topological polar surface area (TPSA) is 61.6 Å². The number of nitrogens with two attached hydrogens (primary N) is 1. The molecule has 0 saturated carbocycles. The lowest BCUT2D eigenvalue weighted by atomic mass is 9.96. The van der Waals surface area contributed by atoms with Crippen LogP contribution in [0.1, 0.15) is 55.1 Å². The van der Waals surface area contributed by atoms with Gasteiger partial charge in [0.15, 0.2) is 12.1 Å². The van der Waals surface area contributed by atoms with Crippen molar-refractivity contribution in [3.05, 3.63) is 35.4 Å². The Kier molecular flexibility index (Phi) is 5.91. The monoisotopic (exact) mass is 291 g/mol. The second-order valence-corrected chi connectivity index (χ2v) is 5.92. The minimum atomic E-state index is -0.226. The zero-order valence-corrected chi connectivity index (χ0v) is 12.9. The molecule has 1 aromatic rings. The van der Waals surface area contributed by atoms with Crippen molar-refractivity contribution in [1.82, 2.24) is 0 Å². The SMILES string of the molecule is CC(C)[C@@H](N)c1ccc(C(=O)COC2CCCCO2)cc1. The molecule has 1 fully saturated rings. The summed E-state index contributed by atoms with van der Waals surface area (Å²) in [4.78, 5) is 12.1. The van der Waals surface area contributed by atoms with Crippen molar-refractivity contribution < 1.29 is 14.3 Å². The Morgan fingerprint density at radius 1 is 1.33 bits per heavy atom. The molecule has 1 aromatic carbocycles. The van der Waals surface area contributed by atoms with E-state index in [1.54, 1.807) is 0 Å². The number of benzene rings is 1. The summed E-state index contributed by atoms with van der Waals surface area (Å²) in [7, 11) is 0. The Morgan fingerprint density at radius 3 is 2.62 bits per heavy atom. The lowest BCUT2D eigenvalue weighted by Gasteiger charge is -2.22. The van der Waals surface area contributed by atoms with E-state index in [9.17, 15) is 4.79 Å². The van der Waals surface area contributed by atoms with E-state index in [1.807, 2.05) is 24.3 Å². The highest BCUT2D eigenvalue weighted by molar-refractivity contribution is 5.97. The molecule has 4 nitrogen and oxygen atoms in total. The molecule has 0 bridgehead atoms. The van der Waals surface area contributed by atoms with Gasteiger partial charge in [0.2, 0.25) is 0 Å². The van der Waals surface area contributed by atoms with E-state index in [2.05, 4.69) is 13.8 Å². The van der Waals surface area contributed by atoms with Crippen LogP contribution in [0, 0.1) is 5.92 Å². The summed E-state index contributed by atoms with van der Waals surface area (Å²) >= 11 is 0. The smallest absolute Gasteiger partial charge is 0.188 e. The van der Waals surface area contributed by atoms with E-state index in [4.69, 9.17) is 15.2 Å². The summed E-state index contributed by atoms with van der Waals surface area (Å²) in [5, 5.41) is 0. The summed E-state index contributed by atoms with van der Waals surface area (Å²) < 4.78 is 11.0. The number of hydrogen-bond acceptors (Lipinski definition) is 4. The molecule has 0 radical (unpaired) electrons. The third-order valence-electron chi connectivity index (χ3n) is 3.87. The van der Waals surface area contributed by atoms with Gasteiger partial charge in [0, 0.05) is 18.2 Å². The van der Waals surface area contributed by atoms with Gasteiger partial charge in [-0.3, -0.25) is 4.79 Å². The molecule has 0 aromatic heterocycles. The summed E-state index contributed by atoms with van der Waals surface area (Å²) in [6.07, 6.45) is 2.82. The van der Waals surface area contributed by atoms with Crippen molar-refractivity contribution in [2.24, 2.45) is 11.7 Å². The molecule has 2 rings (SSSR count). The van der Waals surface area contributed by atoms with Gasteiger partial charge in [-0.25, -0.2) is 0 Å². The highest BCUT2D eigenvalue weighted by Gasteiger charge is 2.17. The Morgan fingerprint density at radius 2 is 2.05 bits per heavy atom. The molecule has 2 atom stereocenters. The Labute approximate surface area is 126 Å². The number of Topliss-reactive ketones (excluding diaryl/α,β-unsaturated/α-hetero) is 1. The van der Waals surface area contributed by atoms with Crippen molar-refractivity contribution in [1.29, 1.82) is 0 Å². The van der Waals surface area contributed by atoms with Crippen LogP contribution in [-0.4, -0.2) is 25.3 Å². The summed E-state index contributed by atoms with van der Waals surface area (Å²) in [6.45, 7) is 4.96. The Balaban J connectivity index is 1.87. The standard InChI is InChI=1S/C17H25NO3/c1-12(2)17(18)14-8-6-13(7-9-14)15(19)11-21-16-5-3-4-10-20-16/h6-9,12,16-17H,3-5,10-11,18H2,1-2H3/t16?,17-/m1/s1. The molecule has 21 heavy (non-hydrogen) atoms. The lowest BCUT2D eigenvalue weighted by molar-refractivity contribution is -0.155. The van der Waals surface area contributed by atoms with Crippen molar-refractivity contribution in [2.75, 3.05) is 13.2 Å². The predicted molar refractivity (Wildman–Crippen MR) is 82.1 cm³/mol. The van der Waals surface area contributed by atoms with Crippen LogP contribution in [0.4, 0.5) is 0 Å². The average molecular weight is 291 g/mol. The van der Waals surface area contributed by atoms with E-state index in [-0.39, 0.29) is 24.7 Å². The van der Waals surface area contributed by atoms with Gasteiger partial charge in [0.1, 0.15) is 6.61 Å². The van der Waals surface area contributed by atoms with Crippen LogP contribution in [-0.2, 0) is 9.47 Å². The number of ether oxygens (including phenoxy) is 2. The fourth-order valence-electron chi connectivity index (χ4n) is 2.37. The fraction of sp³-hybridized carbons (Fsp3) is 0.588. The molecular weight excluding hydrogens is 266 g/mol. The van der Waals surface area contributed by atoms with E-state index >= 15 is 0 Å². The second kappa shape index (κ2) is 7.69. The van der Waals surface area contributed by atoms with E-state index in [0.717, 1.165) is 31.4 Å². The second-order valence-electron chi connectivity index (χ2n) is 5.92. The maximum absolute atomic E-state index is 12.1. The Hall–Kier alpha value is -1.23. The van der Waals surface area contributed by atoms with Gasteiger partial charge in [0.25, 0.3) is 0 Å². The maximum Gasteiger partial charge on any atom is 0.188 e. The van der Waals surface area contributed by atoms with Crippen molar-refractivity contribution >= 4 is 5.78 Å². The van der Waals surface area contributed by atoms with Gasteiger partial charge in [0.05, 0.1) is 0 Å². The molecule has 0 amide bonds. The zero-order chi connectivity index (χ0) is 15.2. The highest BCUT2D eigenvalue weighted by Crippen LogP contribution is 2.19. The summed E-state index contributed by atoms with van der Waals surface area (Å²) in [5.41, 5.74) is 7.81. The van der Waals surface area contributed by atoms with Crippen LogP contribution in [0.15, 0.2) is 24.3 Å². The van der Waals surface area contributed by atoms with Crippen molar-refractivity contribution in [2.45, 2.75) is 45.4 Å². The highest BCUT2D eigenvalue weighted by atomic mass is 16.7. The van der Waals surface area contributed by atoms with Crippen LogP contribution in [0.25, 0.3) is 0 Å². The van der Waals surface area contributed by atoms with Crippen molar-refractivity contribution in [3.8, 4) is 0 Å². The molecule has 4 heteroatoms. The van der Waals surface area contributed by atoms with Gasteiger partial charge in [-0.05, 0) is 30.7 Å². The first-order valence-corrected chi connectivity index (χ1v) is 7.70. The quantitative estimate of drug-likeness (QED) is 0.818. The first-order valence-electron chi connectivity index (χ1n) is 7.70. The van der Waals surface area contributed by atoms with Gasteiger partial charge in [-0.2, -0.15) is 0 Å². The molecule has 1 aliphatic heterocycles. The molecule has 1 heterocycles. The summed E-state index contributed by atoms with van der Waals surface area (Å²) in [6, 6.07) is 7.50. The fourth-order valence-corrected chi connectivity index (χ4v) is 2.37. The van der Waals surface area contributed by atoms with E-state index < -0.39 is 0 Å². The molecule has 0 aliphatic carbocycles. The van der Waals surface area contributed by atoms with E-state index in [0.29, 0.717) is 11.5 Å². The lowest BCUT2D eigenvalue weighted by Crippen LogP contribution is -2.25. The minimum absolute atomic E-state index is 0.000964. The zero-order valence-electron chi connectivity index (χ0n) is 12.9. The van der Waals surface area contributed by atoms with Gasteiger partial charge < -0.3 is 15.2 Å². The normalized spacial score (nSPS) is 20.5. The maximum atomic E-state index is 12.1. The molecular formula is C17H25NO3. The minimum Gasteiger partial charge on any atom is -0.353 e. The predicted octanol–water partition coefficient (Wildman–Crippen LogP) is 3.07. The van der Waals surface area contributed by atoms with Gasteiger partial charge in [-0.15, -0.1) is 0 Å². The number of hydrogen-bond donors (Lipinski definition) is 1. The van der Waals surface area contributed by atoms with Crippen LogP contribution < -0.4 is 5.73 Å². The third-order valence-corrected chi connectivity index (χ3v) is 3.87. The number of carbonyl (C=O) groups excluding carboxylic acids is 1. The van der Waals surface area contributed by atoms with Crippen LogP contribution >= 0.6 is 0 Å². The first-order chi connectivity index (χ1) is 10.1. The largest absolute Gasteiger partial charge is 0.353 e. The van der Waals surface area contributed by atoms with E-state index in [1.165, 1.54) is 0 Å². The average Bonchev–Trinajstić information content (AvgIpc) is 2.53. The number of rotatable bonds is 6. The van der Waals surface area contributed by atoms with Crippen LogP contribution in [0.3, 0.4) is 0 Å². The molecule has 1 saturated heterocycles. The first kappa shape index (κ1) is 16.1. The molecule has 2 N–H and O–H groups in total. The van der Waals surface area contributed by atoms with Gasteiger partial charge in [-0.1, -0.05) is 38.1 Å². The third kappa shape index (κ3) is 4.63. The Bertz CT molecular complexity index is 450. The summed E-state index contributed by atoms with van der Waals surface area (Å²) in [5.74, 6) is 0.354. The van der Waals surface area contributed by atoms with Crippen molar-refractivity contribution in [3.63, 3.8) is 0 Å². The molecule has 116 valence electrons. The van der Waals surface area contributed by atoms with Crippen LogP contribution in [0.2, 0.25) is 0 Å². The molecule has 0 spiro atoms. The van der Waals surface area contributed by atoms with Crippen LogP contribution in [0.5, 0.6) is 0 Å². The number of ketones is 1.